The number of nitrogens with zero attached hydrogens (tertiary/aromatic N) is 2. The Morgan fingerprint density at radius 3 is 2.41 bits per heavy atom. The Kier molecular flexibility index (Phi) is 5.09. The minimum Gasteiger partial charge on any atom is -0.508 e. The van der Waals surface area contributed by atoms with Crippen molar-refractivity contribution in [2.45, 2.75) is 13.8 Å². The molecule has 3 aromatic rings. The van der Waals surface area contributed by atoms with E-state index in [1.54, 1.807) is 30.3 Å². The molecule has 27 heavy (non-hydrogen) atoms. The number of para-hydroxylation sites is 1. The SMILES string of the molecule is Cc1cc(/C=C(/C#N)C(=O)Nc2ccccc2)c(C)n1-c1ccc(O)cc1. The molecular weight excluding hydrogens is 338 g/mol. The van der Waals surface area contributed by atoms with Gasteiger partial charge in [0.2, 0.25) is 0 Å². The first kappa shape index (κ1) is 18.0. The lowest BCUT2D eigenvalue weighted by Crippen LogP contribution is -2.13. The number of carbonyl (C=O) groups is 1. The fourth-order valence-electron chi connectivity index (χ4n) is 2.96. The summed E-state index contributed by atoms with van der Waals surface area (Å²) < 4.78 is 2.01. The van der Waals surface area contributed by atoms with Gasteiger partial charge in [0.1, 0.15) is 17.4 Å². The lowest BCUT2D eigenvalue weighted by molar-refractivity contribution is -0.112. The first-order chi connectivity index (χ1) is 13.0. The molecule has 1 amide bonds. The maximum Gasteiger partial charge on any atom is 0.266 e. The summed E-state index contributed by atoms with van der Waals surface area (Å²) in [5.74, 6) is -0.246. The van der Waals surface area contributed by atoms with E-state index in [1.807, 2.05) is 60.9 Å². The van der Waals surface area contributed by atoms with Gasteiger partial charge in [-0.1, -0.05) is 18.2 Å². The van der Waals surface area contributed by atoms with Gasteiger partial charge in [0.05, 0.1) is 0 Å². The van der Waals surface area contributed by atoms with E-state index in [0.717, 1.165) is 22.6 Å². The number of nitrogens with one attached hydrogen (secondary N) is 1. The molecule has 0 saturated carbocycles. The van der Waals surface area contributed by atoms with E-state index < -0.39 is 5.91 Å². The Bertz CT molecular complexity index is 1040. The van der Waals surface area contributed by atoms with Crippen LogP contribution < -0.4 is 5.32 Å². The van der Waals surface area contributed by atoms with Crippen LogP contribution in [0.25, 0.3) is 11.8 Å². The second-order valence-electron chi connectivity index (χ2n) is 6.17. The van der Waals surface area contributed by atoms with Gasteiger partial charge < -0.3 is 15.0 Å². The quantitative estimate of drug-likeness (QED) is 0.538. The van der Waals surface area contributed by atoms with Gasteiger partial charge in [-0.2, -0.15) is 5.26 Å². The van der Waals surface area contributed by atoms with E-state index in [9.17, 15) is 15.2 Å². The number of hydrogen-bond acceptors (Lipinski definition) is 3. The third-order valence-corrected chi connectivity index (χ3v) is 4.27. The van der Waals surface area contributed by atoms with Crippen LogP contribution in [-0.4, -0.2) is 15.6 Å². The molecule has 1 heterocycles. The van der Waals surface area contributed by atoms with Gasteiger partial charge in [0.15, 0.2) is 0 Å². The molecule has 0 radical (unpaired) electrons. The standard InChI is InChI=1S/C22H19N3O2/c1-15-12-17(16(2)25(15)20-8-10-21(26)11-9-20)13-18(14-23)22(27)24-19-6-4-3-5-7-19/h3-13,26H,1-2H3,(H,24,27)/b18-13-. The summed E-state index contributed by atoms with van der Waals surface area (Å²) in [6.07, 6.45) is 1.59. The van der Waals surface area contributed by atoms with Crippen LogP contribution in [0.5, 0.6) is 5.75 Å². The number of hydrogen-bond donors (Lipinski definition) is 2. The Morgan fingerprint density at radius 1 is 1.11 bits per heavy atom. The first-order valence-corrected chi connectivity index (χ1v) is 8.46. The lowest BCUT2D eigenvalue weighted by Gasteiger charge is -2.09. The van der Waals surface area contributed by atoms with Gasteiger partial charge in [-0.15, -0.1) is 0 Å². The number of phenols is 1. The summed E-state index contributed by atoms with van der Waals surface area (Å²) in [5.41, 5.74) is 4.22. The fourth-order valence-corrected chi connectivity index (χ4v) is 2.96. The number of aromatic hydroxyl groups is 1. The zero-order valence-electron chi connectivity index (χ0n) is 15.1. The van der Waals surface area contributed by atoms with Gasteiger partial charge in [0, 0.05) is 22.8 Å². The predicted molar refractivity (Wildman–Crippen MR) is 106 cm³/mol. The topological polar surface area (TPSA) is 78.0 Å². The van der Waals surface area contributed by atoms with Crippen LogP contribution in [0.4, 0.5) is 5.69 Å². The first-order valence-electron chi connectivity index (χ1n) is 8.46. The van der Waals surface area contributed by atoms with Crippen LogP contribution in [0.1, 0.15) is 17.0 Å². The molecule has 5 heteroatoms. The Balaban J connectivity index is 1.93. The summed E-state index contributed by atoms with van der Waals surface area (Å²) in [7, 11) is 0. The highest BCUT2D eigenvalue weighted by atomic mass is 16.3. The molecule has 0 spiro atoms. The zero-order chi connectivity index (χ0) is 19.4. The number of aromatic nitrogens is 1. The van der Waals surface area contributed by atoms with Crippen LogP contribution >= 0.6 is 0 Å². The van der Waals surface area contributed by atoms with Crippen LogP contribution in [0.2, 0.25) is 0 Å². The van der Waals surface area contributed by atoms with Gasteiger partial charge in [0.25, 0.3) is 5.91 Å². The molecule has 0 bridgehead atoms. The average molecular weight is 357 g/mol. The number of carbonyl (C=O) groups excluding carboxylic acids is 1. The van der Waals surface area contributed by atoms with Crippen LogP contribution in [-0.2, 0) is 4.79 Å². The predicted octanol–water partition coefficient (Wildman–Crippen LogP) is 4.35. The van der Waals surface area contributed by atoms with Gasteiger partial charge in [-0.25, -0.2) is 0 Å². The number of rotatable bonds is 4. The smallest absolute Gasteiger partial charge is 0.266 e. The summed E-state index contributed by atoms with van der Waals surface area (Å²) in [5, 5.41) is 21.6. The number of phenolic OH excluding ortho intramolecular Hbond substituents is 1. The molecular formula is C22H19N3O2. The Morgan fingerprint density at radius 2 is 1.78 bits per heavy atom. The van der Waals surface area contributed by atoms with Crippen molar-refractivity contribution < 1.29 is 9.90 Å². The van der Waals surface area contributed by atoms with E-state index in [4.69, 9.17) is 0 Å². The van der Waals surface area contributed by atoms with Crippen LogP contribution in [0, 0.1) is 25.2 Å². The lowest BCUT2D eigenvalue weighted by atomic mass is 10.1. The Hall–Kier alpha value is -3.78. The van der Waals surface area contributed by atoms with Crippen molar-refractivity contribution in [2.24, 2.45) is 0 Å². The minimum absolute atomic E-state index is 0.0322. The maximum absolute atomic E-state index is 12.4. The second kappa shape index (κ2) is 7.63. The molecule has 0 aliphatic carbocycles. The van der Waals surface area contributed by atoms with Crippen molar-refractivity contribution >= 4 is 17.7 Å². The van der Waals surface area contributed by atoms with E-state index in [2.05, 4.69) is 5.32 Å². The molecule has 0 fully saturated rings. The van der Waals surface area contributed by atoms with Crippen molar-refractivity contribution in [2.75, 3.05) is 5.32 Å². The normalized spacial score (nSPS) is 11.1. The average Bonchev–Trinajstić information content (AvgIpc) is 2.94. The highest BCUT2D eigenvalue weighted by molar-refractivity contribution is 6.09. The number of amides is 1. The molecule has 134 valence electrons. The molecule has 3 rings (SSSR count). The molecule has 5 nitrogen and oxygen atoms in total. The van der Waals surface area contributed by atoms with Gasteiger partial charge >= 0.3 is 0 Å². The number of benzene rings is 2. The largest absolute Gasteiger partial charge is 0.508 e. The highest BCUT2D eigenvalue weighted by Crippen LogP contribution is 2.24. The van der Waals surface area contributed by atoms with Crippen molar-refractivity contribution in [3.63, 3.8) is 0 Å². The summed E-state index contributed by atoms with van der Waals surface area (Å²) in [6, 6.07) is 19.8. The van der Waals surface area contributed by atoms with E-state index in [-0.39, 0.29) is 11.3 Å². The monoisotopic (exact) mass is 357 g/mol. The Labute approximate surface area is 157 Å². The zero-order valence-corrected chi connectivity index (χ0v) is 15.1. The van der Waals surface area contributed by atoms with Gasteiger partial charge in [-0.3, -0.25) is 4.79 Å². The third-order valence-electron chi connectivity index (χ3n) is 4.27. The number of anilines is 1. The van der Waals surface area contributed by atoms with Crippen molar-refractivity contribution in [1.29, 1.82) is 5.26 Å². The van der Waals surface area contributed by atoms with E-state index >= 15 is 0 Å². The number of nitriles is 1. The highest BCUT2D eigenvalue weighted by Gasteiger charge is 2.14. The van der Waals surface area contributed by atoms with Crippen molar-refractivity contribution in [3.05, 3.63) is 83.2 Å². The van der Waals surface area contributed by atoms with Gasteiger partial charge in [-0.05, 0) is 68.0 Å². The second-order valence-corrected chi connectivity index (χ2v) is 6.17. The van der Waals surface area contributed by atoms with E-state index in [1.165, 1.54) is 0 Å². The molecule has 2 N–H and O–H groups in total. The van der Waals surface area contributed by atoms with Crippen molar-refractivity contribution in [1.82, 2.24) is 4.57 Å². The third kappa shape index (κ3) is 3.91. The van der Waals surface area contributed by atoms with Crippen LogP contribution in [0.15, 0.2) is 66.2 Å². The molecule has 0 aliphatic rings. The van der Waals surface area contributed by atoms with Crippen molar-refractivity contribution in [3.8, 4) is 17.5 Å². The maximum atomic E-state index is 12.4. The minimum atomic E-state index is -0.446. The summed E-state index contributed by atoms with van der Waals surface area (Å²) >= 11 is 0. The summed E-state index contributed by atoms with van der Waals surface area (Å²) in [6.45, 7) is 3.88. The molecule has 0 aliphatic heterocycles. The van der Waals surface area contributed by atoms with Crippen LogP contribution in [0.3, 0.4) is 0 Å². The molecule has 0 atom stereocenters. The fraction of sp³-hybridized carbons (Fsp3) is 0.0909. The van der Waals surface area contributed by atoms with E-state index in [0.29, 0.717) is 5.69 Å². The summed E-state index contributed by atoms with van der Waals surface area (Å²) in [4.78, 5) is 12.4. The molecule has 1 aromatic heterocycles. The molecule has 0 unspecified atom stereocenters. The molecule has 0 saturated heterocycles. The number of aryl methyl sites for hydroxylation is 1. The molecule has 2 aromatic carbocycles.